The predicted molar refractivity (Wildman–Crippen MR) is 102 cm³/mol. The van der Waals surface area contributed by atoms with Crippen molar-refractivity contribution >= 4 is 17.8 Å². The molecule has 5 rings (SSSR count). The van der Waals surface area contributed by atoms with E-state index in [0.717, 1.165) is 40.4 Å². The van der Waals surface area contributed by atoms with Crippen LogP contribution >= 0.6 is 0 Å². The second-order valence-electron chi connectivity index (χ2n) is 7.69. The zero-order chi connectivity index (χ0) is 19.5. The SMILES string of the molecule is CCC1NC(=O)N(c2ccc(Oc3ccc(C)c4c3C3(CC3)CO4)cn2)C1=O. The molecule has 3 aliphatic rings. The van der Waals surface area contributed by atoms with E-state index in [4.69, 9.17) is 9.47 Å². The minimum atomic E-state index is -0.491. The Labute approximate surface area is 162 Å². The molecule has 2 aliphatic heterocycles. The molecule has 1 saturated heterocycles. The fraction of sp³-hybridized carbons (Fsp3) is 0.381. The average molecular weight is 379 g/mol. The van der Waals surface area contributed by atoms with Crippen LogP contribution in [0.5, 0.6) is 17.2 Å². The molecule has 1 aliphatic carbocycles. The number of ether oxygens (including phenoxy) is 2. The van der Waals surface area contributed by atoms with Crippen LogP contribution in [0.1, 0.15) is 37.3 Å². The fourth-order valence-corrected chi connectivity index (χ4v) is 3.99. The van der Waals surface area contributed by atoms with E-state index >= 15 is 0 Å². The Bertz CT molecular complexity index is 982. The van der Waals surface area contributed by atoms with Gasteiger partial charge in [-0.3, -0.25) is 4.79 Å². The van der Waals surface area contributed by atoms with Crippen LogP contribution in [0.25, 0.3) is 0 Å². The molecule has 1 saturated carbocycles. The largest absolute Gasteiger partial charge is 0.492 e. The van der Waals surface area contributed by atoms with Gasteiger partial charge in [-0.1, -0.05) is 13.0 Å². The van der Waals surface area contributed by atoms with Crippen molar-refractivity contribution in [2.24, 2.45) is 0 Å². The molecule has 3 heterocycles. The Morgan fingerprint density at radius 1 is 1.29 bits per heavy atom. The van der Waals surface area contributed by atoms with E-state index in [1.165, 1.54) is 6.20 Å². The Balaban J connectivity index is 1.41. The molecule has 1 atom stereocenters. The van der Waals surface area contributed by atoms with E-state index in [1.807, 2.05) is 26.0 Å². The third-order valence-electron chi connectivity index (χ3n) is 5.80. The van der Waals surface area contributed by atoms with Crippen LogP contribution in [-0.2, 0) is 10.2 Å². The highest BCUT2D eigenvalue weighted by atomic mass is 16.5. The van der Waals surface area contributed by atoms with Gasteiger partial charge in [0, 0.05) is 11.0 Å². The van der Waals surface area contributed by atoms with Crippen molar-refractivity contribution in [1.29, 1.82) is 0 Å². The molecule has 1 unspecified atom stereocenters. The first-order chi connectivity index (χ1) is 13.5. The lowest BCUT2D eigenvalue weighted by atomic mass is 9.95. The summed E-state index contributed by atoms with van der Waals surface area (Å²) in [7, 11) is 0. The number of imide groups is 1. The van der Waals surface area contributed by atoms with Crippen LogP contribution in [0.4, 0.5) is 10.6 Å². The van der Waals surface area contributed by atoms with Crippen LogP contribution in [0.2, 0.25) is 0 Å². The zero-order valence-electron chi connectivity index (χ0n) is 15.8. The lowest BCUT2D eigenvalue weighted by molar-refractivity contribution is -0.118. The quantitative estimate of drug-likeness (QED) is 0.823. The normalized spacial score (nSPS) is 21.5. The Morgan fingerprint density at radius 3 is 2.75 bits per heavy atom. The van der Waals surface area contributed by atoms with E-state index in [-0.39, 0.29) is 11.3 Å². The van der Waals surface area contributed by atoms with E-state index in [1.54, 1.807) is 12.1 Å². The Hall–Kier alpha value is -3.09. The van der Waals surface area contributed by atoms with Gasteiger partial charge >= 0.3 is 6.03 Å². The van der Waals surface area contributed by atoms with Crippen molar-refractivity contribution < 1.29 is 19.1 Å². The van der Waals surface area contributed by atoms with Crippen LogP contribution < -0.4 is 19.7 Å². The smallest absolute Gasteiger partial charge is 0.330 e. The van der Waals surface area contributed by atoms with Crippen LogP contribution in [0, 0.1) is 6.92 Å². The Kier molecular flexibility index (Phi) is 3.62. The summed E-state index contributed by atoms with van der Waals surface area (Å²) in [5.41, 5.74) is 2.36. The van der Waals surface area contributed by atoms with Gasteiger partial charge in [0.2, 0.25) is 0 Å². The number of anilines is 1. The maximum atomic E-state index is 12.3. The summed E-state index contributed by atoms with van der Waals surface area (Å²) >= 11 is 0. The maximum Gasteiger partial charge on any atom is 0.330 e. The van der Waals surface area contributed by atoms with E-state index in [2.05, 4.69) is 10.3 Å². The zero-order valence-corrected chi connectivity index (χ0v) is 15.8. The third kappa shape index (κ3) is 2.46. The summed E-state index contributed by atoms with van der Waals surface area (Å²) in [6.07, 6.45) is 4.31. The standard InChI is InChI=1S/C21H21N3O4/c1-3-14-19(25)24(20(26)23-14)16-7-5-13(10-22-16)28-15-6-4-12(2)18-17(15)21(8-9-21)11-27-18/h4-7,10,14H,3,8-9,11H2,1-2H3,(H,23,26). The van der Waals surface area contributed by atoms with Crippen LogP contribution in [0.15, 0.2) is 30.5 Å². The molecule has 3 amide bonds. The van der Waals surface area contributed by atoms with E-state index < -0.39 is 12.1 Å². The number of nitrogens with zero attached hydrogens (tertiary/aromatic N) is 2. The minimum absolute atomic E-state index is 0.0965. The van der Waals surface area contributed by atoms with Gasteiger partial charge < -0.3 is 14.8 Å². The fourth-order valence-electron chi connectivity index (χ4n) is 3.99. The number of amides is 3. The van der Waals surface area contributed by atoms with Gasteiger partial charge in [0.15, 0.2) is 0 Å². The molecular formula is C21H21N3O4. The number of pyridine rings is 1. The summed E-state index contributed by atoms with van der Waals surface area (Å²) in [6, 6.07) is 6.39. The minimum Gasteiger partial charge on any atom is -0.492 e. The number of carbonyl (C=O) groups excluding carboxylic acids is 2. The number of hydrogen-bond donors (Lipinski definition) is 1. The number of carbonyl (C=O) groups is 2. The average Bonchev–Trinajstić information content (AvgIpc) is 3.28. The number of rotatable bonds is 4. The molecule has 144 valence electrons. The number of hydrogen-bond acceptors (Lipinski definition) is 5. The first-order valence-electron chi connectivity index (χ1n) is 9.58. The second kappa shape index (κ2) is 5.95. The Morgan fingerprint density at radius 2 is 2.11 bits per heavy atom. The molecule has 1 aromatic heterocycles. The van der Waals surface area contributed by atoms with Gasteiger partial charge in [0.25, 0.3) is 5.91 Å². The van der Waals surface area contributed by atoms with Crippen molar-refractivity contribution in [3.63, 3.8) is 0 Å². The summed E-state index contributed by atoms with van der Waals surface area (Å²) < 4.78 is 12.1. The summed E-state index contributed by atoms with van der Waals surface area (Å²) in [4.78, 5) is 29.8. The number of fused-ring (bicyclic) bond motifs is 2. The predicted octanol–water partition coefficient (Wildman–Crippen LogP) is 3.44. The number of benzene rings is 1. The van der Waals surface area contributed by atoms with Crippen molar-refractivity contribution in [2.45, 2.75) is 44.6 Å². The first kappa shape index (κ1) is 17.0. The lowest BCUT2D eigenvalue weighted by Crippen LogP contribution is -2.31. The molecule has 28 heavy (non-hydrogen) atoms. The molecule has 1 spiro atoms. The van der Waals surface area contributed by atoms with Crippen molar-refractivity contribution in [1.82, 2.24) is 10.3 Å². The van der Waals surface area contributed by atoms with E-state index in [0.29, 0.717) is 24.6 Å². The van der Waals surface area contributed by atoms with Gasteiger partial charge in [-0.05, 0) is 49.9 Å². The molecule has 1 aromatic carbocycles. The molecule has 1 N–H and O–H groups in total. The monoisotopic (exact) mass is 379 g/mol. The third-order valence-corrected chi connectivity index (χ3v) is 5.80. The summed E-state index contributed by atoms with van der Waals surface area (Å²) in [5, 5.41) is 2.66. The molecule has 0 bridgehead atoms. The highest BCUT2D eigenvalue weighted by Crippen LogP contribution is 2.59. The molecule has 2 fully saturated rings. The summed E-state index contributed by atoms with van der Waals surface area (Å²) in [6.45, 7) is 4.61. The molecule has 2 aromatic rings. The molecule has 7 heteroatoms. The highest BCUT2D eigenvalue weighted by molar-refractivity contribution is 6.20. The number of aromatic nitrogens is 1. The number of aryl methyl sites for hydroxylation is 1. The maximum absolute atomic E-state index is 12.3. The van der Waals surface area contributed by atoms with Gasteiger partial charge in [-0.15, -0.1) is 0 Å². The number of nitrogens with one attached hydrogen (secondary N) is 1. The van der Waals surface area contributed by atoms with Crippen molar-refractivity contribution in [3.05, 3.63) is 41.6 Å². The van der Waals surface area contributed by atoms with Gasteiger partial charge in [0.05, 0.1) is 12.8 Å². The van der Waals surface area contributed by atoms with Crippen LogP contribution in [-0.4, -0.2) is 29.6 Å². The summed E-state index contributed by atoms with van der Waals surface area (Å²) in [5.74, 6) is 2.28. The molecule has 0 radical (unpaired) electrons. The topological polar surface area (TPSA) is 80.8 Å². The van der Waals surface area contributed by atoms with Gasteiger partial charge in [-0.25, -0.2) is 14.7 Å². The van der Waals surface area contributed by atoms with Gasteiger partial charge in [-0.2, -0.15) is 0 Å². The van der Waals surface area contributed by atoms with Crippen molar-refractivity contribution in [2.75, 3.05) is 11.5 Å². The number of urea groups is 1. The lowest BCUT2D eigenvalue weighted by Gasteiger charge is -2.15. The van der Waals surface area contributed by atoms with Crippen LogP contribution in [0.3, 0.4) is 0 Å². The van der Waals surface area contributed by atoms with E-state index in [9.17, 15) is 9.59 Å². The molecular weight excluding hydrogens is 358 g/mol. The highest BCUT2D eigenvalue weighted by Gasteiger charge is 2.53. The van der Waals surface area contributed by atoms with Gasteiger partial charge in [0.1, 0.15) is 29.1 Å². The first-order valence-corrected chi connectivity index (χ1v) is 9.58. The molecule has 7 nitrogen and oxygen atoms in total. The van der Waals surface area contributed by atoms with Crippen molar-refractivity contribution in [3.8, 4) is 17.2 Å². The second-order valence-corrected chi connectivity index (χ2v) is 7.69.